The summed E-state index contributed by atoms with van der Waals surface area (Å²) < 4.78 is 5.45. The third kappa shape index (κ3) is 1.26. The fourth-order valence-corrected chi connectivity index (χ4v) is 3.78. The zero-order valence-corrected chi connectivity index (χ0v) is 10.4. The monoisotopic (exact) mass is 232 g/mol. The van der Waals surface area contributed by atoms with Gasteiger partial charge in [0.2, 0.25) is 0 Å². The minimum Gasteiger partial charge on any atom is -0.496 e. The molecule has 1 fully saturated rings. The van der Waals surface area contributed by atoms with Gasteiger partial charge >= 0.3 is 0 Å². The van der Waals surface area contributed by atoms with Crippen LogP contribution in [-0.4, -0.2) is 12.0 Å². The molecule has 0 bridgehead atoms. The molecule has 0 radical (unpaired) electrons. The number of benzene rings is 1. The van der Waals surface area contributed by atoms with Crippen molar-refractivity contribution in [1.82, 2.24) is 0 Å². The van der Waals surface area contributed by atoms with Crippen LogP contribution in [0.5, 0.6) is 5.75 Å². The molecule has 1 spiro atoms. The van der Waals surface area contributed by atoms with E-state index in [1.807, 2.05) is 0 Å². The summed E-state index contributed by atoms with van der Waals surface area (Å²) in [5.74, 6) is 1.02. The number of hydrogen-bond donors (Lipinski definition) is 0. The number of hydrogen-bond acceptors (Lipinski definition) is 2. The van der Waals surface area contributed by atoms with Crippen LogP contribution < -0.4 is 4.74 Å². The molecular weight excluding hydrogens is 216 g/mol. The Morgan fingerprint density at radius 1 is 1.25 bits per heavy atom. The van der Waals surface area contributed by atoms with E-state index in [0.29, 0.717) is 5.41 Å². The van der Waals surface area contributed by atoms with E-state index >= 15 is 0 Å². The molecule has 16 heavy (non-hydrogen) atoms. The van der Waals surface area contributed by atoms with E-state index in [2.05, 4.69) is 18.2 Å². The van der Waals surface area contributed by atoms with Gasteiger partial charge in [-0.05, 0) is 30.9 Å². The Morgan fingerprint density at radius 3 is 2.69 bits per heavy atom. The third-order valence-corrected chi connectivity index (χ3v) is 4.81. The second-order valence-electron chi connectivity index (χ2n) is 4.98. The first-order valence-corrected chi connectivity index (χ1v) is 6.38. The Morgan fingerprint density at radius 2 is 2.00 bits per heavy atom. The molecule has 3 rings (SSSR count). The highest BCUT2D eigenvalue weighted by Crippen LogP contribution is 2.51. The lowest BCUT2D eigenvalue weighted by Gasteiger charge is -2.22. The van der Waals surface area contributed by atoms with Crippen molar-refractivity contribution < 1.29 is 4.74 Å². The molecule has 0 aromatic heterocycles. The Labute approximate surface area is 102 Å². The van der Waals surface area contributed by atoms with Crippen LogP contribution in [0.3, 0.4) is 0 Å². The Bertz CT molecular complexity index is 444. The van der Waals surface area contributed by atoms with Crippen LogP contribution >= 0.6 is 12.2 Å². The summed E-state index contributed by atoms with van der Waals surface area (Å²) in [5.41, 5.74) is 2.92. The highest BCUT2D eigenvalue weighted by atomic mass is 32.1. The molecule has 84 valence electrons. The van der Waals surface area contributed by atoms with Gasteiger partial charge in [-0.25, -0.2) is 0 Å². The van der Waals surface area contributed by atoms with Gasteiger partial charge in [-0.3, -0.25) is 0 Å². The molecule has 2 heteroatoms. The highest BCUT2D eigenvalue weighted by Gasteiger charge is 2.44. The van der Waals surface area contributed by atoms with Crippen LogP contribution in [0.4, 0.5) is 0 Å². The van der Waals surface area contributed by atoms with Gasteiger partial charge < -0.3 is 4.74 Å². The SMILES string of the molecule is COc1cccc2c1CC1(CCCC1)C2=S. The van der Waals surface area contributed by atoms with Crippen molar-refractivity contribution >= 4 is 17.1 Å². The molecule has 1 aromatic carbocycles. The number of ether oxygens (including phenoxy) is 1. The van der Waals surface area contributed by atoms with Gasteiger partial charge in [-0.15, -0.1) is 0 Å². The topological polar surface area (TPSA) is 9.23 Å². The average molecular weight is 232 g/mol. The summed E-state index contributed by atoms with van der Waals surface area (Å²) >= 11 is 5.70. The molecular formula is C14H16OS. The summed E-state index contributed by atoms with van der Waals surface area (Å²) in [6, 6.07) is 6.26. The van der Waals surface area contributed by atoms with Crippen molar-refractivity contribution in [3.8, 4) is 5.75 Å². The maximum atomic E-state index is 5.70. The lowest BCUT2D eigenvalue weighted by atomic mass is 9.83. The van der Waals surface area contributed by atoms with E-state index in [1.54, 1.807) is 7.11 Å². The third-order valence-electron chi connectivity index (χ3n) is 4.16. The maximum absolute atomic E-state index is 5.70. The lowest BCUT2D eigenvalue weighted by molar-refractivity contribution is 0.397. The molecule has 1 aromatic rings. The van der Waals surface area contributed by atoms with Crippen LogP contribution in [0.2, 0.25) is 0 Å². The standard InChI is InChI=1S/C14H16OS/c1-15-12-6-4-5-10-11(12)9-14(13(10)16)7-2-3-8-14/h4-6H,2-3,7-9H2,1H3. The smallest absolute Gasteiger partial charge is 0.122 e. The molecule has 1 saturated carbocycles. The van der Waals surface area contributed by atoms with Gasteiger partial charge in [0.05, 0.1) is 7.11 Å². The van der Waals surface area contributed by atoms with Gasteiger partial charge in [0.1, 0.15) is 5.75 Å². The summed E-state index contributed by atoms with van der Waals surface area (Å²) in [6.45, 7) is 0. The van der Waals surface area contributed by atoms with Crippen molar-refractivity contribution in [1.29, 1.82) is 0 Å². The van der Waals surface area contributed by atoms with E-state index in [1.165, 1.54) is 41.7 Å². The van der Waals surface area contributed by atoms with Gasteiger partial charge in [-0.2, -0.15) is 0 Å². The van der Waals surface area contributed by atoms with Crippen molar-refractivity contribution in [2.24, 2.45) is 5.41 Å². The van der Waals surface area contributed by atoms with Crippen LogP contribution in [-0.2, 0) is 6.42 Å². The molecule has 0 amide bonds. The largest absolute Gasteiger partial charge is 0.496 e. The summed E-state index contributed by atoms with van der Waals surface area (Å²) in [7, 11) is 1.75. The number of fused-ring (bicyclic) bond motifs is 1. The van der Waals surface area contributed by atoms with Crippen molar-refractivity contribution in [3.63, 3.8) is 0 Å². The minimum absolute atomic E-state index is 0.298. The van der Waals surface area contributed by atoms with Crippen molar-refractivity contribution in [3.05, 3.63) is 29.3 Å². The normalized spacial score (nSPS) is 21.4. The van der Waals surface area contributed by atoms with E-state index in [0.717, 1.165) is 12.2 Å². The first-order chi connectivity index (χ1) is 7.77. The predicted octanol–water partition coefficient (Wildman–Crippen LogP) is 3.53. The van der Waals surface area contributed by atoms with E-state index in [-0.39, 0.29) is 0 Å². The van der Waals surface area contributed by atoms with Gasteiger partial charge in [0.15, 0.2) is 0 Å². The van der Waals surface area contributed by atoms with Crippen LogP contribution in [0.25, 0.3) is 0 Å². The molecule has 0 saturated heterocycles. The first-order valence-electron chi connectivity index (χ1n) is 5.97. The Balaban J connectivity index is 2.10. The second kappa shape index (κ2) is 3.56. The fourth-order valence-electron chi connectivity index (χ4n) is 3.31. The highest BCUT2D eigenvalue weighted by molar-refractivity contribution is 7.81. The number of methoxy groups -OCH3 is 1. The quantitative estimate of drug-likeness (QED) is 0.685. The lowest BCUT2D eigenvalue weighted by Crippen LogP contribution is -2.22. The van der Waals surface area contributed by atoms with Crippen LogP contribution in [0.15, 0.2) is 18.2 Å². The first kappa shape index (κ1) is 10.3. The van der Waals surface area contributed by atoms with E-state index < -0.39 is 0 Å². The van der Waals surface area contributed by atoms with Crippen LogP contribution in [0, 0.1) is 5.41 Å². The summed E-state index contributed by atoms with van der Waals surface area (Å²) in [4.78, 5) is 1.19. The van der Waals surface area contributed by atoms with E-state index in [9.17, 15) is 0 Å². The molecule has 2 aliphatic rings. The molecule has 2 aliphatic carbocycles. The van der Waals surface area contributed by atoms with Gasteiger partial charge in [-0.1, -0.05) is 37.2 Å². The summed E-state index contributed by atoms with van der Waals surface area (Å²) in [5, 5.41) is 0. The Kier molecular flexibility index (Phi) is 2.28. The number of rotatable bonds is 1. The summed E-state index contributed by atoms with van der Waals surface area (Å²) in [6.07, 6.45) is 6.30. The minimum atomic E-state index is 0.298. The Hall–Kier alpha value is -0.890. The number of thiocarbonyl (C=S) groups is 1. The van der Waals surface area contributed by atoms with Crippen molar-refractivity contribution in [2.45, 2.75) is 32.1 Å². The van der Waals surface area contributed by atoms with Crippen molar-refractivity contribution in [2.75, 3.05) is 7.11 Å². The molecule has 1 nitrogen and oxygen atoms in total. The fraction of sp³-hybridized carbons (Fsp3) is 0.500. The molecule has 0 aliphatic heterocycles. The maximum Gasteiger partial charge on any atom is 0.122 e. The van der Waals surface area contributed by atoms with Crippen LogP contribution in [0.1, 0.15) is 36.8 Å². The predicted molar refractivity (Wildman–Crippen MR) is 69.3 cm³/mol. The second-order valence-corrected chi connectivity index (χ2v) is 5.39. The molecule has 0 N–H and O–H groups in total. The molecule has 0 unspecified atom stereocenters. The zero-order valence-electron chi connectivity index (χ0n) is 9.58. The van der Waals surface area contributed by atoms with E-state index in [4.69, 9.17) is 17.0 Å². The zero-order chi connectivity index (χ0) is 11.2. The van der Waals surface area contributed by atoms with Gasteiger partial charge in [0.25, 0.3) is 0 Å². The molecule has 0 heterocycles. The van der Waals surface area contributed by atoms with Gasteiger partial charge in [0, 0.05) is 15.8 Å². The molecule has 0 atom stereocenters. The average Bonchev–Trinajstić information content (AvgIpc) is 2.88.